The summed E-state index contributed by atoms with van der Waals surface area (Å²) in [4.78, 5) is 11.7. The summed E-state index contributed by atoms with van der Waals surface area (Å²) in [5, 5.41) is 4.72. The van der Waals surface area contributed by atoms with Crippen molar-refractivity contribution in [2.45, 2.75) is 31.8 Å². The van der Waals surface area contributed by atoms with Crippen molar-refractivity contribution < 1.29 is 4.74 Å². The minimum absolute atomic E-state index is 0.302. The average molecular weight is 298 g/mol. The molecule has 4 rings (SSSR count). The van der Waals surface area contributed by atoms with E-state index in [1.54, 1.807) is 0 Å². The van der Waals surface area contributed by atoms with Crippen molar-refractivity contribution in [3.63, 3.8) is 0 Å². The van der Waals surface area contributed by atoms with Gasteiger partial charge in [-0.2, -0.15) is 0 Å². The van der Waals surface area contributed by atoms with Gasteiger partial charge in [-0.05, 0) is 45.0 Å². The standard InChI is InChI=1S/C17H22N4O/c1-12-18-14-7-3-2-6-13(14)17(19-12)20-15-10-22-11-16(15)21-8-4-5-9-21/h2-3,6-7,15-16H,4-5,8-11H2,1H3,(H,18,19,20)/t15-,16-/m0/s1. The van der Waals surface area contributed by atoms with Gasteiger partial charge in [0.2, 0.25) is 0 Å². The first-order valence-corrected chi connectivity index (χ1v) is 8.13. The van der Waals surface area contributed by atoms with E-state index in [9.17, 15) is 0 Å². The van der Waals surface area contributed by atoms with E-state index < -0.39 is 0 Å². The Morgan fingerprint density at radius 2 is 1.95 bits per heavy atom. The van der Waals surface area contributed by atoms with E-state index in [1.807, 2.05) is 25.1 Å². The van der Waals surface area contributed by atoms with E-state index in [-0.39, 0.29) is 0 Å². The predicted octanol–water partition coefficient (Wildman–Crippen LogP) is 2.21. The van der Waals surface area contributed by atoms with Crippen LogP contribution in [0.25, 0.3) is 10.9 Å². The molecule has 2 fully saturated rings. The van der Waals surface area contributed by atoms with Gasteiger partial charge in [-0.3, -0.25) is 4.90 Å². The van der Waals surface area contributed by atoms with Crippen LogP contribution in [0.2, 0.25) is 0 Å². The largest absolute Gasteiger partial charge is 0.378 e. The second-order valence-corrected chi connectivity index (χ2v) is 6.24. The van der Waals surface area contributed by atoms with Gasteiger partial charge in [-0.1, -0.05) is 12.1 Å². The molecule has 3 heterocycles. The molecular formula is C17H22N4O. The number of aryl methyl sites for hydroxylation is 1. The predicted molar refractivity (Wildman–Crippen MR) is 87.1 cm³/mol. The van der Waals surface area contributed by atoms with Crippen LogP contribution in [0.3, 0.4) is 0 Å². The van der Waals surface area contributed by atoms with E-state index in [0.29, 0.717) is 12.1 Å². The highest BCUT2D eigenvalue weighted by Gasteiger charge is 2.34. The normalized spacial score (nSPS) is 25.9. The Hall–Kier alpha value is -1.72. The van der Waals surface area contributed by atoms with Crippen LogP contribution in [-0.4, -0.2) is 53.3 Å². The van der Waals surface area contributed by atoms with Crippen molar-refractivity contribution in [3.05, 3.63) is 30.1 Å². The maximum absolute atomic E-state index is 5.75. The van der Waals surface area contributed by atoms with Crippen molar-refractivity contribution >= 4 is 16.7 Å². The van der Waals surface area contributed by atoms with Crippen molar-refractivity contribution in [3.8, 4) is 0 Å². The molecule has 0 spiro atoms. The molecule has 2 atom stereocenters. The number of nitrogens with one attached hydrogen (secondary N) is 1. The molecule has 1 N–H and O–H groups in total. The lowest BCUT2D eigenvalue weighted by atomic mass is 10.1. The van der Waals surface area contributed by atoms with Crippen molar-refractivity contribution in [2.24, 2.45) is 0 Å². The average Bonchev–Trinajstić information content (AvgIpc) is 3.17. The van der Waals surface area contributed by atoms with Crippen LogP contribution >= 0.6 is 0 Å². The van der Waals surface area contributed by atoms with E-state index in [0.717, 1.165) is 35.8 Å². The maximum atomic E-state index is 5.75. The van der Waals surface area contributed by atoms with Gasteiger partial charge in [0.1, 0.15) is 11.6 Å². The minimum Gasteiger partial charge on any atom is -0.378 e. The van der Waals surface area contributed by atoms with Gasteiger partial charge in [-0.15, -0.1) is 0 Å². The number of para-hydroxylation sites is 1. The third-order valence-electron chi connectivity index (χ3n) is 4.70. The number of anilines is 1. The lowest BCUT2D eigenvalue weighted by Crippen LogP contribution is -2.45. The summed E-state index contributed by atoms with van der Waals surface area (Å²) in [6.07, 6.45) is 2.61. The zero-order valence-electron chi connectivity index (χ0n) is 13.0. The number of rotatable bonds is 3. The quantitative estimate of drug-likeness (QED) is 0.941. The fraction of sp³-hybridized carbons (Fsp3) is 0.529. The summed E-state index contributed by atoms with van der Waals surface area (Å²) in [5.41, 5.74) is 0.995. The summed E-state index contributed by atoms with van der Waals surface area (Å²) < 4.78 is 5.75. The molecule has 1 aromatic carbocycles. The van der Waals surface area contributed by atoms with Crippen LogP contribution in [0.5, 0.6) is 0 Å². The molecule has 2 aromatic rings. The zero-order chi connectivity index (χ0) is 14.9. The van der Waals surface area contributed by atoms with Gasteiger partial charge < -0.3 is 10.1 Å². The number of ether oxygens (including phenoxy) is 1. The molecule has 1 aromatic heterocycles. The first kappa shape index (κ1) is 13.9. The van der Waals surface area contributed by atoms with Gasteiger partial charge in [0.25, 0.3) is 0 Å². The summed E-state index contributed by atoms with van der Waals surface area (Å²) in [7, 11) is 0. The van der Waals surface area contributed by atoms with E-state index in [2.05, 4.69) is 26.3 Å². The smallest absolute Gasteiger partial charge is 0.137 e. The number of nitrogens with zero attached hydrogens (tertiary/aromatic N) is 3. The second-order valence-electron chi connectivity index (χ2n) is 6.24. The van der Waals surface area contributed by atoms with Gasteiger partial charge in [0.15, 0.2) is 0 Å². The van der Waals surface area contributed by atoms with Crippen LogP contribution in [0, 0.1) is 6.92 Å². The second kappa shape index (κ2) is 5.82. The summed E-state index contributed by atoms with van der Waals surface area (Å²) in [5.74, 6) is 1.74. The Bertz CT molecular complexity index is 669. The molecule has 2 aliphatic heterocycles. The van der Waals surface area contributed by atoms with E-state index in [4.69, 9.17) is 4.74 Å². The molecule has 116 valence electrons. The fourth-order valence-electron chi connectivity index (χ4n) is 3.59. The molecular weight excluding hydrogens is 276 g/mol. The summed E-state index contributed by atoms with van der Waals surface area (Å²) in [6.45, 7) is 5.89. The molecule has 0 amide bonds. The van der Waals surface area contributed by atoms with Crippen LogP contribution in [0.15, 0.2) is 24.3 Å². The lowest BCUT2D eigenvalue weighted by Gasteiger charge is -2.28. The van der Waals surface area contributed by atoms with E-state index >= 15 is 0 Å². The van der Waals surface area contributed by atoms with Crippen LogP contribution in [0.1, 0.15) is 18.7 Å². The van der Waals surface area contributed by atoms with Crippen molar-refractivity contribution in [1.29, 1.82) is 0 Å². The molecule has 2 saturated heterocycles. The topological polar surface area (TPSA) is 50.3 Å². The van der Waals surface area contributed by atoms with Crippen molar-refractivity contribution in [2.75, 3.05) is 31.6 Å². The third kappa shape index (κ3) is 2.55. The molecule has 0 bridgehead atoms. The van der Waals surface area contributed by atoms with Crippen LogP contribution in [0.4, 0.5) is 5.82 Å². The van der Waals surface area contributed by atoms with Gasteiger partial charge in [0, 0.05) is 5.39 Å². The maximum Gasteiger partial charge on any atom is 0.137 e. The Morgan fingerprint density at radius 3 is 2.82 bits per heavy atom. The Labute approximate surface area is 130 Å². The third-order valence-corrected chi connectivity index (χ3v) is 4.70. The number of hydrogen-bond acceptors (Lipinski definition) is 5. The molecule has 2 aliphatic rings. The Kier molecular flexibility index (Phi) is 3.68. The highest BCUT2D eigenvalue weighted by Crippen LogP contribution is 2.25. The van der Waals surface area contributed by atoms with Crippen molar-refractivity contribution in [1.82, 2.24) is 14.9 Å². The Balaban J connectivity index is 1.62. The summed E-state index contributed by atoms with van der Waals surface area (Å²) in [6, 6.07) is 8.93. The molecule has 0 aliphatic carbocycles. The van der Waals surface area contributed by atoms with Gasteiger partial charge in [0.05, 0.1) is 30.8 Å². The molecule has 0 unspecified atom stereocenters. The first-order valence-electron chi connectivity index (χ1n) is 8.13. The van der Waals surface area contributed by atoms with Gasteiger partial charge >= 0.3 is 0 Å². The highest BCUT2D eigenvalue weighted by molar-refractivity contribution is 5.89. The number of aromatic nitrogens is 2. The molecule has 5 heteroatoms. The monoisotopic (exact) mass is 298 g/mol. The van der Waals surface area contributed by atoms with E-state index in [1.165, 1.54) is 25.9 Å². The number of benzene rings is 1. The van der Waals surface area contributed by atoms with Crippen LogP contribution in [-0.2, 0) is 4.74 Å². The molecule has 0 saturated carbocycles. The zero-order valence-corrected chi connectivity index (χ0v) is 13.0. The first-order chi connectivity index (χ1) is 10.8. The number of fused-ring (bicyclic) bond motifs is 1. The molecule has 0 radical (unpaired) electrons. The van der Waals surface area contributed by atoms with Crippen LogP contribution < -0.4 is 5.32 Å². The number of hydrogen-bond donors (Lipinski definition) is 1. The molecule has 22 heavy (non-hydrogen) atoms. The fourth-order valence-corrected chi connectivity index (χ4v) is 3.59. The molecule has 5 nitrogen and oxygen atoms in total. The van der Waals surface area contributed by atoms with Gasteiger partial charge in [-0.25, -0.2) is 9.97 Å². The minimum atomic E-state index is 0.302. The lowest BCUT2D eigenvalue weighted by molar-refractivity contribution is 0.159. The highest BCUT2D eigenvalue weighted by atomic mass is 16.5. The summed E-state index contributed by atoms with van der Waals surface area (Å²) >= 11 is 0. The number of likely N-dealkylation sites (tertiary alicyclic amines) is 1. The Morgan fingerprint density at radius 1 is 1.14 bits per heavy atom. The SMILES string of the molecule is Cc1nc(N[C@H]2COC[C@@H]2N2CCCC2)c2ccccc2n1.